The summed E-state index contributed by atoms with van der Waals surface area (Å²) >= 11 is 5.18. The zero-order chi connectivity index (χ0) is 18.4. The lowest BCUT2D eigenvalue weighted by Gasteiger charge is -2.09. The SMILES string of the molecule is COc1ccc(NC(=S)N/N=C(/C)c2ccc(C)c([N+](=O)[O-])c2)cc1. The first-order valence-electron chi connectivity index (χ1n) is 7.41. The largest absolute Gasteiger partial charge is 0.497 e. The highest BCUT2D eigenvalue weighted by atomic mass is 32.1. The number of hydrogen-bond acceptors (Lipinski definition) is 5. The van der Waals surface area contributed by atoms with Crippen LogP contribution in [0.15, 0.2) is 47.6 Å². The van der Waals surface area contributed by atoms with Crippen LogP contribution in [0.1, 0.15) is 18.1 Å². The van der Waals surface area contributed by atoms with E-state index < -0.39 is 4.92 Å². The fourth-order valence-corrected chi connectivity index (χ4v) is 2.23. The maximum atomic E-state index is 11.0. The number of hydrogen-bond donors (Lipinski definition) is 2. The Hall–Kier alpha value is -3.00. The maximum absolute atomic E-state index is 11.0. The number of nitro groups is 1. The monoisotopic (exact) mass is 358 g/mol. The molecule has 0 aliphatic rings. The lowest BCUT2D eigenvalue weighted by molar-refractivity contribution is -0.385. The van der Waals surface area contributed by atoms with Gasteiger partial charge in [0.15, 0.2) is 5.11 Å². The van der Waals surface area contributed by atoms with Crippen molar-refractivity contribution in [2.75, 3.05) is 12.4 Å². The highest BCUT2D eigenvalue weighted by Crippen LogP contribution is 2.19. The number of methoxy groups -OCH3 is 1. The van der Waals surface area contributed by atoms with Crippen molar-refractivity contribution in [2.24, 2.45) is 5.10 Å². The van der Waals surface area contributed by atoms with E-state index in [4.69, 9.17) is 17.0 Å². The summed E-state index contributed by atoms with van der Waals surface area (Å²) in [5.74, 6) is 0.749. The molecule has 0 radical (unpaired) electrons. The molecule has 130 valence electrons. The molecule has 0 saturated heterocycles. The minimum Gasteiger partial charge on any atom is -0.497 e. The van der Waals surface area contributed by atoms with Crippen molar-refractivity contribution in [3.05, 3.63) is 63.7 Å². The molecule has 0 bridgehead atoms. The number of thiocarbonyl (C=S) groups is 1. The predicted molar refractivity (Wildman–Crippen MR) is 102 cm³/mol. The van der Waals surface area contributed by atoms with Gasteiger partial charge in [-0.05, 0) is 50.3 Å². The van der Waals surface area contributed by atoms with Crippen LogP contribution in [-0.4, -0.2) is 22.9 Å². The molecule has 0 spiro atoms. The normalized spacial score (nSPS) is 10.9. The second kappa shape index (κ2) is 8.20. The number of nitro benzene ring substituents is 1. The van der Waals surface area contributed by atoms with Gasteiger partial charge in [-0.3, -0.25) is 15.5 Å². The molecule has 0 heterocycles. The van der Waals surface area contributed by atoms with Gasteiger partial charge >= 0.3 is 0 Å². The number of benzene rings is 2. The zero-order valence-electron chi connectivity index (χ0n) is 14.1. The molecule has 0 atom stereocenters. The first kappa shape index (κ1) is 18.3. The van der Waals surface area contributed by atoms with Crippen molar-refractivity contribution >= 4 is 34.4 Å². The first-order chi connectivity index (χ1) is 11.9. The Balaban J connectivity index is 2.03. The number of nitrogens with one attached hydrogen (secondary N) is 2. The Bertz CT molecular complexity index is 819. The third kappa shape index (κ3) is 4.98. The molecular formula is C17H18N4O3S. The summed E-state index contributed by atoms with van der Waals surface area (Å²) < 4.78 is 5.09. The van der Waals surface area contributed by atoms with Gasteiger partial charge in [-0.2, -0.15) is 5.10 Å². The lowest BCUT2D eigenvalue weighted by Crippen LogP contribution is -2.24. The number of ether oxygens (including phenoxy) is 1. The summed E-state index contributed by atoms with van der Waals surface area (Å²) in [6.45, 7) is 3.44. The molecule has 0 unspecified atom stereocenters. The van der Waals surface area contributed by atoms with Crippen molar-refractivity contribution in [3.8, 4) is 5.75 Å². The van der Waals surface area contributed by atoms with Crippen LogP contribution >= 0.6 is 12.2 Å². The molecule has 0 fully saturated rings. The Morgan fingerprint density at radius 3 is 2.52 bits per heavy atom. The number of rotatable bonds is 5. The van der Waals surface area contributed by atoms with Gasteiger partial charge in [-0.25, -0.2) is 0 Å². The van der Waals surface area contributed by atoms with Gasteiger partial charge in [0.1, 0.15) is 5.75 Å². The average molecular weight is 358 g/mol. The van der Waals surface area contributed by atoms with Gasteiger partial charge in [0.05, 0.1) is 17.7 Å². The van der Waals surface area contributed by atoms with Crippen molar-refractivity contribution < 1.29 is 9.66 Å². The van der Waals surface area contributed by atoms with Crippen LogP contribution in [0.2, 0.25) is 0 Å². The van der Waals surface area contributed by atoms with Gasteiger partial charge in [0.2, 0.25) is 0 Å². The smallest absolute Gasteiger partial charge is 0.272 e. The van der Waals surface area contributed by atoms with Crippen LogP contribution in [0.4, 0.5) is 11.4 Å². The summed E-state index contributed by atoms with van der Waals surface area (Å²) in [5, 5.41) is 18.5. The highest BCUT2D eigenvalue weighted by Gasteiger charge is 2.12. The fraction of sp³-hybridized carbons (Fsp3) is 0.176. The van der Waals surface area contributed by atoms with Crippen molar-refractivity contribution in [1.82, 2.24) is 5.43 Å². The van der Waals surface area contributed by atoms with E-state index in [0.29, 0.717) is 22.0 Å². The number of aryl methyl sites for hydroxylation is 1. The van der Waals surface area contributed by atoms with E-state index in [-0.39, 0.29) is 5.69 Å². The Labute approximate surface area is 150 Å². The third-order valence-corrected chi connectivity index (χ3v) is 3.69. The third-order valence-electron chi connectivity index (χ3n) is 3.50. The van der Waals surface area contributed by atoms with Gasteiger partial charge in [0.25, 0.3) is 5.69 Å². The van der Waals surface area contributed by atoms with Crippen molar-refractivity contribution in [3.63, 3.8) is 0 Å². The summed E-state index contributed by atoms with van der Waals surface area (Å²) in [6, 6.07) is 12.2. The molecular weight excluding hydrogens is 340 g/mol. The van der Waals surface area contributed by atoms with Crippen LogP contribution in [-0.2, 0) is 0 Å². The van der Waals surface area contributed by atoms with Crippen molar-refractivity contribution in [1.29, 1.82) is 0 Å². The number of hydrazone groups is 1. The molecule has 0 aromatic heterocycles. The van der Waals surface area contributed by atoms with Crippen LogP contribution in [0.25, 0.3) is 0 Å². The van der Waals surface area contributed by atoms with Crippen LogP contribution in [0.5, 0.6) is 5.75 Å². The summed E-state index contributed by atoms with van der Waals surface area (Å²) in [6.07, 6.45) is 0. The summed E-state index contributed by atoms with van der Waals surface area (Å²) in [7, 11) is 1.60. The van der Waals surface area contributed by atoms with E-state index in [1.165, 1.54) is 6.07 Å². The fourth-order valence-electron chi connectivity index (χ4n) is 2.06. The highest BCUT2D eigenvalue weighted by molar-refractivity contribution is 7.80. The van der Waals surface area contributed by atoms with E-state index >= 15 is 0 Å². The lowest BCUT2D eigenvalue weighted by atomic mass is 10.1. The quantitative estimate of drug-likeness (QED) is 0.367. The second-order valence-corrected chi connectivity index (χ2v) is 5.66. The summed E-state index contributed by atoms with van der Waals surface area (Å²) in [4.78, 5) is 10.6. The Morgan fingerprint density at radius 2 is 1.92 bits per heavy atom. The molecule has 7 nitrogen and oxygen atoms in total. The van der Waals surface area contributed by atoms with E-state index in [1.54, 1.807) is 33.1 Å². The van der Waals surface area contributed by atoms with Gasteiger partial charge in [0, 0.05) is 22.9 Å². The molecule has 0 saturated carbocycles. The Kier molecular flexibility index (Phi) is 6.02. The molecule has 0 aliphatic carbocycles. The average Bonchev–Trinajstić information content (AvgIpc) is 2.60. The molecule has 8 heteroatoms. The van der Waals surface area contributed by atoms with E-state index in [2.05, 4.69) is 15.8 Å². The van der Waals surface area contributed by atoms with Crippen LogP contribution in [0.3, 0.4) is 0 Å². The van der Waals surface area contributed by atoms with E-state index in [1.807, 2.05) is 24.3 Å². The number of anilines is 1. The molecule has 2 N–H and O–H groups in total. The molecule has 25 heavy (non-hydrogen) atoms. The molecule has 0 amide bonds. The van der Waals surface area contributed by atoms with Crippen molar-refractivity contribution in [2.45, 2.75) is 13.8 Å². The maximum Gasteiger partial charge on any atom is 0.272 e. The molecule has 2 aromatic carbocycles. The molecule has 0 aliphatic heterocycles. The summed E-state index contributed by atoms with van der Waals surface area (Å²) in [5.41, 5.74) is 5.42. The Morgan fingerprint density at radius 1 is 1.24 bits per heavy atom. The van der Waals surface area contributed by atoms with Gasteiger partial charge in [-0.15, -0.1) is 0 Å². The standard InChI is InChI=1S/C17H18N4O3S/c1-11-4-5-13(10-16(11)21(22)23)12(2)19-20-17(25)18-14-6-8-15(24-3)9-7-14/h4-10H,1-3H3,(H2,18,20,25)/b19-12-. The molecule has 2 aromatic rings. The van der Waals surface area contributed by atoms with Gasteiger partial charge < -0.3 is 10.1 Å². The molecule has 2 rings (SSSR count). The topological polar surface area (TPSA) is 88.8 Å². The van der Waals surface area contributed by atoms with E-state index in [9.17, 15) is 10.1 Å². The van der Waals surface area contributed by atoms with Crippen LogP contribution < -0.4 is 15.5 Å². The minimum atomic E-state index is -0.407. The number of nitrogens with zero attached hydrogens (tertiary/aromatic N) is 2. The predicted octanol–water partition coefficient (Wildman–Crippen LogP) is 3.62. The van der Waals surface area contributed by atoms with Gasteiger partial charge in [-0.1, -0.05) is 12.1 Å². The minimum absolute atomic E-state index is 0.0611. The van der Waals surface area contributed by atoms with Crippen LogP contribution in [0, 0.1) is 17.0 Å². The first-order valence-corrected chi connectivity index (χ1v) is 7.82. The van der Waals surface area contributed by atoms with E-state index in [0.717, 1.165) is 11.4 Å². The zero-order valence-corrected chi connectivity index (χ0v) is 14.9. The second-order valence-electron chi connectivity index (χ2n) is 5.25.